The van der Waals surface area contributed by atoms with E-state index in [9.17, 15) is 18.3 Å². The number of nitrogens with zero attached hydrogens (tertiary/aromatic N) is 4. The molecule has 2 saturated heterocycles. The average molecular weight is 461 g/mol. The van der Waals surface area contributed by atoms with Crippen LogP contribution in [0.1, 0.15) is 41.0 Å². The minimum absolute atomic E-state index is 0.133. The van der Waals surface area contributed by atoms with Gasteiger partial charge in [0.05, 0.1) is 18.1 Å². The maximum atomic E-state index is 12.8. The first-order chi connectivity index (χ1) is 15.4. The lowest BCUT2D eigenvalue weighted by Gasteiger charge is -2.28. The second kappa shape index (κ2) is 9.93. The van der Waals surface area contributed by atoms with Gasteiger partial charge in [-0.1, -0.05) is 12.1 Å². The lowest BCUT2D eigenvalue weighted by Crippen LogP contribution is -2.40. The molecule has 4 rings (SSSR count). The number of anilines is 1. The summed E-state index contributed by atoms with van der Waals surface area (Å²) in [5.41, 5.74) is 1.10. The molecule has 2 fully saturated rings. The Morgan fingerprint density at radius 3 is 2.34 bits per heavy atom. The van der Waals surface area contributed by atoms with Gasteiger partial charge in [-0.15, -0.1) is 0 Å². The van der Waals surface area contributed by atoms with E-state index in [1.807, 2.05) is 17.0 Å². The highest BCUT2D eigenvalue weighted by molar-refractivity contribution is 7.89. The largest absolute Gasteiger partial charge is 0.477 e. The molecule has 32 heavy (non-hydrogen) atoms. The molecule has 1 N–H and O–H groups in total. The molecule has 10 heteroatoms. The van der Waals surface area contributed by atoms with Crippen LogP contribution in [-0.2, 0) is 27.6 Å². The van der Waals surface area contributed by atoms with E-state index in [0.29, 0.717) is 50.8 Å². The molecule has 2 aromatic rings. The third-order valence-corrected chi connectivity index (χ3v) is 7.79. The molecule has 0 saturated carbocycles. The highest BCUT2D eigenvalue weighted by atomic mass is 32.2. The SMILES string of the molecule is O=C(O)c1cnc(CCc2ccc(S(=O)(=O)N3CCOCC3)cc2)nc1N1CCCCC1. The number of aryl methyl sites for hydroxylation is 2. The zero-order valence-electron chi connectivity index (χ0n) is 17.9. The van der Waals surface area contributed by atoms with Crippen LogP contribution in [0.2, 0.25) is 0 Å². The van der Waals surface area contributed by atoms with Crippen molar-refractivity contribution < 1.29 is 23.1 Å². The Morgan fingerprint density at radius 1 is 1.00 bits per heavy atom. The zero-order valence-corrected chi connectivity index (χ0v) is 18.8. The molecule has 0 bridgehead atoms. The van der Waals surface area contributed by atoms with Crippen LogP contribution in [0.25, 0.3) is 0 Å². The molecule has 1 aromatic carbocycles. The molecule has 0 aliphatic carbocycles. The van der Waals surface area contributed by atoms with Gasteiger partial charge in [-0.25, -0.2) is 23.2 Å². The van der Waals surface area contributed by atoms with Gasteiger partial charge >= 0.3 is 5.97 Å². The Hall–Kier alpha value is -2.56. The summed E-state index contributed by atoms with van der Waals surface area (Å²) in [6, 6.07) is 6.89. The van der Waals surface area contributed by atoms with Crippen molar-refractivity contribution in [1.29, 1.82) is 0 Å². The molecule has 0 unspecified atom stereocenters. The third kappa shape index (κ3) is 5.08. The smallest absolute Gasteiger partial charge is 0.341 e. The normalized spacial score (nSPS) is 17.9. The van der Waals surface area contributed by atoms with Crippen molar-refractivity contribution in [2.45, 2.75) is 37.0 Å². The highest BCUT2D eigenvalue weighted by Gasteiger charge is 2.26. The maximum absolute atomic E-state index is 12.8. The Bertz CT molecular complexity index is 1050. The molecular weight excluding hydrogens is 432 g/mol. The van der Waals surface area contributed by atoms with E-state index in [4.69, 9.17) is 4.74 Å². The van der Waals surface area contributed by atoms with Crippen molar-refractivity contribution in [3.8, 4) is 0 Å². The minimum Gasteiger partial charge on any atom is -0.477 e. The standard InChI is InChI=1S/C22H28N4O5S/c27-22(28)19-16-23-20(24-21(19)25-10-2-1-3-11-25)9-6-17-4-7-18(8-5-17)32(29,30)26-12-14-31-15-13-26/h4-5,7-8,16H,1-3,6,9-15H2,(H,27,28). The maximum Gasteiger partial charge on any atom is 0.341 e. The number of rotatable bonds is 7. The van der Waals surface area contributed by atoms with Gasteiger partial charge in [0.2, 0.25) is 10.0 Å². The first-order valence-corrected chi connectivity index (χ1v) is 12.4. The van der Waals surface area contributed by atoms with E-state index in [0.717, 1.165) is 37.9 Å². The van der Waals surface area contributed by atoms with Crippen molar-refractivity contribution in [3.05, 3.63) is 47.4 Å². The molecule has 0 amide bonds. The fourth-order valence-electron chi connectivity index (χ4n) is 4.05. The number of piperidine rings is 1. The highest BCUT2D eigenvalue weighted by Crippen LogP contribution is 2.23. The second-order valence-electron chi connectivity index (χ2n) is 8.04. The van der Waals surface area contributed by atoms with Crippen LogP contribution in [0.5, 0.6) is 0 Å². The first kappa shape index (κ1) is 22.6. The van der Waals surface area contributed by atoms with Crippen molar-refractivity contribution in [3.63, 3.8) is 0 Å². The molecular formula is C22H28N4O5S. The number of morpholine rings is 1. The number of sulfonamides is 1. The van der Waals surface area contributed by atoms with Crippen molar-refractivity contribution in [1.82, 2.24) is 14.3 Å². The number of carboxylic acid groups (broad SMARTS) is 1. The first-order valence-electron chi connectivity index (χ1n) is 11.0. The van der Waals surface area contributed by atoms with E-state index in [2.05, 4.69) is 9.97 Å². The summed E-state index contributed by atoms with van der Waals surface area (Å²) in [4.78, 5) is 22.7. The second-order valence-corrected chi connectivity index (χ2v) is 9.97. The Balaban J connectivity index is 1.44. The number of hydrogen-bond donors (Lipinski definition) is 1. The van der Waals surface area contributed by atoms with Gasteiger partial charge < -0.3 is 14.7 Å². The van der Waals surface area contributed by atoms with Crippen LogP contribution in [0.15, 0.2) is 35.4 Å². The molecule has 0 spiro atoms. The number of carbonyl (C=O) groups is 1. The predicted octanol–water partition coefficient (Wildman–Crippen LogP) is 1.97. The molecule has 2 aliphatic heterocycles. The van der Waals surface area contributed by atoms with E-state index >= 15 is 0 Å². The fourth-order valence-corrected chi connectivity index (χ4v) is 5.45. The number of hydrogen-bond acceptors (Lipinski definition) is 7. The Labute approximate surface area is 188 Å². The lowest BCUT2D eigenvalue weighted by molar-refractivity contribution is 0.0696. The number of aromatic nitrogens is 2. The van der Waals surface area contributed by atoms with Gasteiger partial charge in [0, 0.05) is 38.8 Å². The van der Waals surface area contributed by atoms with Gasteiger partial charge in [0.25, 0.3) is 0 Å². The molecule has 2 aliphatic rings. The van der Waals surface area contributed by atoms with Crippen LogP contribution in [-0.4, -0.2) is 73.2 Å². The summed E-state index contributed by atoms with van der Waals surface area (Å²) in [6.45, 7) is 3.17. The predicted molar refractivity (Wildman–Crippen MR) is 118 cm³/mol. The van der Waals surface area contributed by atoms with Crippen LogP contribution in [0, 0.1) is 0 Å². The quantitative estimate of drug-likeness (QED) is 0.667. The fraction of sp³-hybridized carbons (Fsp3) is 0.500. The number of benzene rings is 1. The van der Waals surface area contributed by atoms with Crippen LogP contribution in [0.3, 0.4) is 0 Å². The topological polar surface area (TPSA) is 113 Å². The third-order valence-electron chi connectivity index (χ3n) is 5.87. The number of ether oxygens (including phenoxy) is 1. The van der Waals surface area contributed by atoms with Crippen molar-refractivity contribution in [2.75, 3.05) is 44.3 Å². The van der Waals surface area contributed by atoms with Crippen LogP contribution >= 0.6 is 0 Å². The Morgan fingerprint density at radius 2 is 1.69 bits per heavy atom. The lowest BCUT2D eigenvalue weighted by atomic mass is 10.1. The summed E-state index contributed by atoms with van der Waals surface area (Å²) < 4.78 is 32.2. The summed E-state index contributed by atoms with van der Waals surface area (Å²) in [5, 5.41) is 9.51. The van der Waals surface area contributed by atoms with E-state index in [-0.39, 0.29) is 10.5 Å². The molecule has 9 nitrogen and oxygen atoms in total. The minimum atomic E-state index is -3.51. The van der Waals surface area contributed by atoms with Gasteiger partial charge in [-0.2, -0.15) is 4.31 Å². The molecule has 172 valence electrons. The van der Waals surface area contributed by atoms with Crippen LogP contribution < -0.4 is 4.90 Å². The Kier molecular flexibility index (Phi) is 7.02. The zero-order chi connectivity index (χ0) is 22.6. The average Bonchev–Trinajstić information content (AvgIpc) is 2.84. The molecule has 3 heterocycles. The van der Waals surface area contributed by atoms with Gasteiger partial charge in [0.15, 0.2) is 0 Å². The van der Waals surface area contributed by atoms with Gasteiger partial charge in [-0.3, -0.25) is 0 Å². The van der Waals surface area contributed by atoms with E-state index < -0.39 is 16.0 Å². The van der Waals surface area contributed by atoms with E-state index in [1.165, 1.54) is 10.5 Å². The molecule has 0 atom stereocenters. The van der Waals surface area contributed by atoms with Gasteiger partial charge in [-0.05, 0) is 43.4 Å². The number of aromatic carboxylic acids is 1. The summed E-state index contributed by atoms with van der Waals surface area (Å²) in [7, 11) is -3.51. The van der Waals surface area contributed by atoms with Crippen LogP contribution in [0.4, 0.5) is 5.82 Å². The van der Waals surface area contributed by atoms with E-state index in [1.54, 1.807) is 12.1 Å². The van der Waals surface area contributed by atoms with Crippen molar-refractivity contribution in [2.24, 2.45) is 0 Å². The summed E-state index contributed by atoms with van der Waals surface area (Å²) in [6.07, 6.45) is 5.76. The number of carboxylic acids is 1. The molecule has 0 radical (unpaired) electrons. The summed E-state index contributed by atoms with van der Waals surface area (Å²) in [5.74, 6) is 0.0592. The molecule has 1 aromatic heterocycles. The van der Waals surface area contributed by atoms with Gasteiger partial charge in [0.1, 0.15) is 17.2 Å². The summed E-state index contributed by atoms with van der Waals surface area (Å²) >= 11 is 0. The monoisotopic (exact) mass is 460 g/mol. The van der Waals surface area contributed by atoms with Crippen molar-refractivity contribution >= 4 is 21.8 Å².